The molecule has 1 aromatic rings. The minimum absolute atomic E-state index is 0.119. The average molecular weight is 323 g/mol. The number of aliphatic hydroxyl groups excluding tert-OH is 1. The molecule has 1 aliphatic heterocycles. The van der Waals surface area contributed by atoms with E-state index in [1.165, 1.54) is 12.1 Å². The third-order valence-electron chi connectivity index (χ3n) is 5.52. The van der Waals surface area contributed by atoms with E-state index in [2.05, 4.69) is 0 Å². The van der Waals surface area contributed by atoms with E-state index in [1.54, 1.807) is 4.90 Å². The van der Waals surface area contributed by atoms with Gasteiger partial charge >= 0.3 is 0 Å². The van der Waals surface area contributed by atoms with Crippen molar-refractivity contribution in [3.63, 3.8) is 0 Å². The summed E-state index contributed by atoms with van der Waals surface area (Å²) < 4.78 is 27.6. The van der Waals surface area contributed by atoms with Crippen molar-refractivity contribution in [1.82, 2.24) is 4.90 Å². The van der Waals surface area contributed by atoms with Crippen LogP contribution < -0.4 is 0 Å². The fourth-order valence-electron chi connectivity index (χ4n) is 3.99. The smallest absolute Gasteiger partial charge is 0.233 e. The second kappa shape index (κ2) is 6.19. The summed E-state index contributed by atoms with van der Waals surface area (Å²) in [4.78, 5) is 14.8. The molecule has 1 heterocycles. The number of aliphatic hydroxyl groups is 1. The molecule has 126 valence electrons. The summed E-state index contributed by atoms with van der Waals surface area (Å²) in [5.74, 6) is -1.23. The molecule has 3 rings (SSSR count). The molecule has 0 bridgehead atoms. The van der Waals surface area contributed by atoms with Crippen LogP contribution >= 0.6 is 0 Å². The van der Waals surface area contributed by atoms with Crippen LogP contribution in [-0.2, 0) is 10.2 Å². The third kappa shape index (κ3) is 2.87. The Bertz CT molecular complexity index is 599. The summed E-state index contributed by atoms with van der Waals surface area (Å²) in [6.45, 7) is 2.85. The topological polar surface area (TPSA) is 40.5 Å². The molecule has 0 radical (unpaired) electrons. The Balaban J connectivity index is 1.93. The van der Waals surface area contributed by atoms with Gasteiger partial charge in [0.05, 0.1) is 11.5 Å². The zero-order valence-electron chi connectivity index (χ0n) is 13.4. The molecule has 1 saturated carbocycles. The zero-order valence-corrected chi connectivity index (χ0v) is 13.4. The van der Waals surface area contributed by atoms with Gasteiger partial charge in [-0.25, -0.2) is 8.78 Å². The Kier molecular flexibility index (Phi) is 4.41. The molecule has 1 aliphatic carbocycles. The number of rotatable bonds is 2. The molecular formula is C18H23F2NO2. The van der Waals surface area contributed by atoms with Gasteiger partial charge in [-0.1, -0.05) is 25.8 Å². The second-order valence-corrected chi connectivity index (χ2v) is 7.00. The van der Waals surface area contributed by atoms with Gasteiger partial charge in [0.1, 0.15) is 11.6 Å². The molecule has 2 aliphatic rings. The Hall–Kier alpha value is -1.49. The van der Waals surface area contributed by atoms with E-state index in [-0.39, 0.29) is 11.8 Å². The van der Waals surface area contributed by atoms with E-state index in [1.807, 2.05) is 6.92 Å². The first-order valence-electron chi connectivity index (χ1n) is 8.37. The number of carbonyl (C=O) groups excluding carboxylic acids is 1. The molecule has 2 unspecified atom stereocenters. The molecule has 5 heteroatoms. The van der Waals surface area contributed by atoms with Gasteiger partial charge in [-0.15, -0.1) is 0 Å². The SMILES string of the molecule is CC1CCN(C(=O)C2(c3ccc(F)cc3F)CCCC2)CC1O. The molecule has 3 nitrogen and oxygen atoms in total. The van der Waals surface area contributed by atoms with E-state index in [0.717, 1.165) is 25.3 Å². The van der Waals surface area contributed by atoms with Gasteiger partial charge in [0.2, 0.25) is 5.91 Å². The number of hydrogen-bond donors (Lipinski definition) is 1. The quantitative estimate of drug-likeness (QED) is 0.909. The van der Waals surface area contributed by atoms with Crippen LogP contribution in [0.2, 0.25) is 0 Å². The molecule has 0 aromatic heterocycles. The van der Waals surface area contributed by atoms with Crippen LogP contribution in [0.5, 0.6) is 0 Å². The summed E-state index contributed by atoms with van der Waals surface area (Å²) in [5.41, 5.74) is -0.604. The van der Waals surface area contributed by atoms with Crippen LogP contribution in [0, 0.1) is 17.6 Å². The number of β-amino-alcohol motifs (C(OH)–C–C–N with tert-alkyl or cyclic N) is 1. The second-order valence-electron chi connectivity index (χ2n) is 7.00. The minimum atomic E-state index is -0.905. The van der Waals surface area contributed by atoms with Gasteiger partial charge in [0.15, 0.2) is 0 Å². The van der Waals surface area contributed by atoms with Gasteiger partial charge in [-0.2, -0.15) is 0 Å². The standard InChI is InChI=1S/C18H23F2NO2/c1-12-6-9-21(11-16(12)22)17(23)18(7-2-3-8-18)14-5-4-13(19)10-15(14)20/h4-5,10,12,16,22H,2-3,6-9,11H2,1H3. The Morgan fingerprint density at radius 2 is 2.00 bits per heavy atom. The normalized spacial score (nSPS) is 27.2. The van der Waals surface area contributed by atoms with Crippen molar-refractivity contribution in [2.75, 3.05) is 13.1 Å². The van der Waals surface area contributed by atoms with Gasteiger partial charge < -0.3 is 10.0 Å². The summed E-state index contributed by atoms with van der Waals surface area (Å²) in [7, 11) is 0. The molecule has 1 aromatic carbocycles. The Labute approximate surface area is 135 Å². The molecule has 1 N–H and O–H groups in total. The number of amides is 1. The lowest BCUT2D eigenvalue weighted by molar-refractivity contribution is -0.141. The average Bonchev–Trinajstić information content (AvgIpc) is 3.00. The van der Waals surface area contributed by atoms with Crippen LogP contribution in [0.1, 0.15) is 44.6 Å². The highest BCUT2D eigenvalue weighted by Crippen LogP contribution is 2.44. The first-order chi connectivity index (χ1) is 10.9. The lowest BCUT2D eigenvalue weighted by atomic mass is 9.76. The lowest BCUT2D eigenvalue weighted by Crippen LogP contribution is -2.52. The highest BCUT2D eigenvalue weighted by Gasteiger charge is 2.47. The van der Waals surface area contributed by atoms with Gasteiger partial charge in [-0.3, -0.25) is 4.79 Å². The van der Waals surface area contributed by atoms with Gasteiger partial charge in [-0.05, 0) is 31.2 Å². The van der Waals surface area contributed by atoms with E-state index >= 15 is 0 Å². The van der Waals surface area contributed by atoms with Crippen LogP contribution in [0.4, 0.5) is 8.78 Å². The Morgan fingerprint density at radius 1 is 1.30 bits per heavy atom. The van der Waals surface area contributed by atoms with Crippen LogP contribution in [-0.4, -0.2) is 35.1 Å². The van der Waals surface area contributed by atoms with Crippen LogP contribution in [0.25, 0.3) is 0 Å². The third-order valence-corrected chi connectivity index (χ3v) is 5.52. The fourth-order valence-corrected chi connectivity index (χ4v) is 3.99. The van der Waals surface area contributed by atoms with Gasteiger partial charge in [0.25, 0.3) is 0 Å². The number of piperidine rings is 1. The van der Waals surface area contributed by atoms with Crippen molar-refractivity contribution in [3.05, 3.63) is 35.4 Å². The monoisotopic (exact) mass is 323 g/mol. The first-order valence-corrected chi connectivity index (χ1v) is 8.37. The number of carbonyl (C=O) groups is 1. The molecule has 1 amide bonds. The summed E-state index contributed by atoms with van der Waals surface area (Å²) in [6, 6.07) is 3.49. The van der Waals surface area contributed by atoms with Crippen molar-refractivity contribution in [2.45, 2.75) is 50.5 Å². The predicted molar refractivity (Wildman–Crippen MR) is 82.9 cm³/mol. The molecular weight excluding hydrogens is 300 g/mol. The summed E-state index contributed by atoms with van der Waals surface area (Å²) >= 11 is 0. The van der Waals surface area contributed by atoms with Gasteiger partial charge in [0, 0.05) is 24.7 Å². The fraction of sp³-hybridized carbons (Fsp3) is 0.611. The number of halogens is 2. The van der Waals surface area contributed by atoms with Crippen molar-refractivity contribution >= 4 is 5.91 Å². The summed E-state index contributed by atoms with van der Waals surface area (Å²) in [6.07, 6.45) is 3.08. The predicted octanol–water partition coefficient (Wildman–Crippen LogP) is 3.01. The van der Waals surface area contributed by atoms with E-state index in [9.17, 15) is 18.7 Å². The van der Waals surface area contributed by atoms with Crippen LogP contribution in [0.3, 0.4) is 0 Å². The Morgan fingerprint density at radius 3 is 2.61 bits per heavy atom. The zero-order chi connectivity index (χ0) is 16.6. The molecule has 2 atom stereocenters. The van der Waals surface area contributed by atoms with Crippen LogP contribution in [0.15, 0.2) is 18.2 Å². The maximum Gasteiger partial charge on any atom is 0.233 e. The van der Waals surface area contributed by atoms with E-state index in [0.29, 0.717) is 31.5 Å². The maximum absolute atomic E-state index is 14.4. The number of benzene rings is 1. The molecule has 2 fully saturated rings. The van der Waals surface area contributed by atoms with Crippen molar-refractivity contribution in [1.29, 1.82) is 0 Å². The van der Waals surface area contributed by atoms with E-state index < -0.39 is 23.2 Å². The lowest BCUT2D eigenvalue weighted by Gasteiger charge is -2.40. The highest BCUT2D eigenvalue weighted by atomic mass is 19.1. The van der Waals surface area contributed by atoms with Crippen molar-refractivity contribution < 1.29 is 18.7 Å². The van der Waals surface area contributed by atoms with Crippen molar-refractivity contribution in [3.8, 4) is 0 Å². The molecule has 0 spiro atoms. The number of likely N-dealkylation sites (tertiary alicyclic amines) is 1. The molecule has 23 heavy (non-hydrogen) atoms. The van der Waals surface area contributed by atoms with E-state index in [4.69, 9.17) is 0 Å². The first kappa shape index (κ1) is 16.4. The largest absolute Gasteiger partial charge is 0.391 e. The van der Waals surface area contributed by atoms with Crippen molar-refractivity contribution in [2.24, 2.45) is 5.92 Å². The number of hydrogen-bond acceptors (Lipinski definition) is 2. The minimum Gasteiger partial charge on any atom is -0.391 e. The highest BCUT2D eigenvalue weighted by molar-refractivity contribution is 5.89. The number of nitrogens with zero attached hydrogens (tertiary/aromatic N) is 1. The molecule has 1 saturated heterocycles. The maximum atomic E-state index is 14.4. The summed E-state index contributed by atoms with van der Waals surface area (Å²) in [5, 5.41) is 10.1.